The molecule has 0 atom stereocenters. The second kappa shape index (κ2) is 7.22. The molecular weight excluding hydrogens is 367 g/mol. The number of sulfonamides is 1. The summed E-state index contributed by atoms with van der Waals surface area (Å²) in [5, 5.41) is 0. The lowest BCUT2D eigenvalue weighted by molar-refractivity contribution is 0.0986. The number of benzene rings is 2. The normalized spacial score (nSPS) is 19.1. The highest BCUT2D eigenvalue weighted by atomic mass is 32.2. The van der Waals surface area contributed by atoms with E-state index >= 15 is 0 Å². The number of anilines is 1. The van der Waals surface area contributed by atoms with Crippen LogP contribution in [-0.4, -0.2) is 38.6 Å². The number of hydrogen-bond donors (Lipinski definition) is 0. The second-order valence-corrected chi connectivity index (χ2v) is 9.06. The van der Waals surface area contributed by atoms with E-state index in [9.17, 15) is 12.8 Å². The largest absolute Gasteiger partial charge is 0.356 e. The van der Waals surface area contributed by atoms with Crippen LogP contribution in [0, 0.1) is 12.7 Å². The van der Waals surface area contributed by atoms with Crippen LogP contribution in [-0.2, 0) is 21.4 Å². The standard InChI is InChI=1S/C20H23FN2O3S/c1-15-3-2-4-16-13-26-14-23(20(15)16)18-9-11-22(12-10-18)27(24,25)19-7-5-17(21)6-8-19/h2-8,18H,9-14H2,1H3. The number of rotatable bonds is 3. The van der Waals surface area contributed by atoms with Crippen LogP contribution in [0.5, 0.6) is 0 Å². The van der Waals surface area contributed by atoms with E-state index in [1.54, 1.807) is 0 Å². The number of para-hydroxylation sites is 1. The molecule has 1 saturated heterocycles. The average molecular weight is 390 g/mol. The van der Waals surface area contributed by atoms with Crippen LogP contribution in [0.15, 0.2) is 47.4 Å². The van der Waals surface area contributed by atoms with Gasteiger partial charge in [-0.3, -0.25) is 0 Å². The fourth-order valence-corrected chi connectivity index (χ4v) is 5.47. The Kier molecular flexibility index (Phi) is 4.92. The lowest BCUT2D eigenvalue weighted by atomic mass is 10.00. The Bertz CT molecular complexity index is 923. The number of halogens is 1. The van der Waals surface area contributed by atoms with E-state index in [2.05, 4.69) is 24.0 Å². The first-order chi connectivity index (χ1) is 13.0. The van der Waals surface area contributed by atoms with Gasteiger partial charge in [0.25, 0.3) is 0 Å². The molecule has 27 heavy (non-hydrogen) atoms. The predicted molar refractivity (Wildman–Crippen MR) is 101 cm³/mol. The van der Waals surface area contributed by atoms with E-state index in [4.69, 9.17) is 4.74 Å². The molecule has 0 amide bonds. The van der Waals surface area contributed by atoms with Crippen LogP contribution >= 0.6 is 0 Å². The molecule has 144 valence electrons. The van der Waals surface area contributed by atoms with Gasteiger partial charge < -0.3 is 9.64 Å². The lowest BCUT2D eigenvalue weighted by Crippen LogP contribution is -2.48. The summed E-state index contributed by atoms with van der Waals surface area (Å²) in [6, 6.07) is 11.5. The van der Waals surface area contributed by atoms with Gasteiger partial charge in [-0.05, 0) is 49.6 Å². The third-order valence-corrected chi connectivity index (χ3v) is 7.32. The third-order valence-electron chi connectivity index (χ3n) is 5.41. The van der Waals surface area contributed by atoms with Gasteiger partial charge in [0.2, 0.25) is 10.0 Å². The SMILES string of the molecule is Cc1cccc2c1N(C1CCN(S(=O)(=O)c3ccc(F)cc3)CC1)COC2. The van der Waals surface area contributed by atoms with Crippen molar-refractivity contribution in [1.29, 1.82) is 0 Å². The quantitative estimate of drug-likeness (QED) is 0.807. The predicted octanol–water partition coefficient (Wildman–Crippen LogP) is 3.28. The number of fused-ring (bicyclic) bond motifs is 1. The molecule has 0 radical (unpaired) electrons. The van der Waals surface area contributed by atoms with Crippen LogP contribution in [0.2, 0.25) is 0 Å². The number of nitrogens with zero attached hydrogens (tertiary/aromatic N) is 2. The van der Waals surface area contributed by atoms with Crippen LogP contribution in [0.25, 0.3) is 0 Å². The van der Waals surface area contributed by atoms with E-state index in [0.29, 0.717) is 26.4 Å². The third kappa shape index (κ3) is 3.47. The Balaban J connectivity index is 1.50. The summed E-state index contributed by atoms with van der Waals surface area (Å²) >= 11 is 0. The van der Waals surface area contributed by atoms with Crippen molar-refractivity contribution in [1.82, 2.24) is 4.31 Å². The topological polar surface area (TPSA) is 49.9 Å². The van der Waals surface area contributed by atoms with Gasteiger partial charge in [0, 0.05) is 30.4 Å². The van der Waals surface area contributed by atoms with Gasteiger partial charge >= 0.3 is 0 Å². The molecule has 7 heteroatoms. The molecule has 2 aliphatic heterocycles. The van der Waals surface area contributed by atoms with E-state index in [0.717, 1.165) is 12.8 Å². The van der Waals surface area contributed by atoms with Crippen molar-refractivity contribution < 1.29 is 17.5 Å². The van der Waals surface area contributed by atoms with Gasteiger partial charge in [-0.2, -0.15) is 4.31 Å². The Morgan fingerprint density at radius 1 is 1.07 bits per heavy atom. The number of piperidine rings is 1. The molecule has 4 rings (SSSR count). The molecule has 0 bridgehead atoms. The minimum Gasteiger partial charge on any atom is -0.356 e. The zero-order chi connectivity index (χ0) is 19.0. The van der Waals surface area contributed by atoms with Crippen molar-refractivity contribution in [2.45, 2.75) is 37.3 Å². The molecule has 2 aromatic rings. The summed E-state index contributed by atoms with van der Waals surface area (Å²) in [6.45, 7) is 4.15. The maximum absolute atomic E-state index is 13.1. The van der Waals surface area contributed by atoms with E-state index in [-0.39, 0.29) is 10.9 Å². The summed E-state index contributed by atoms with van der Waals surface area (Å²) in [7, 11) is -3.58. The molecular formula is C20H23FN2O3S. The van der Waals surface area contributed by atoms with Crippen LogP contribution < -0.4 is 4.90 Å². The van der Waals surface area contributed by atoms with E-state index in [1.165, 1.54) is 45.4 Å². The monoisotopic (exact) mass is 390 g/mol. The zero-order valence-corrected chi connectivity index (χ0v) is 16.1. The van der Waals surface area contributed by atoms with Gasteiger partial charge in [-0.25, -0.2) is 12.8 Å². The molecule has 0 N–H and O–H groups in total. The van der Waals surface area contributed by atoms with Gasteiger partial charge in [-0.15, -0.1) is 0 Å². The van der Waals surface area contributed by atoms with Crippen molar-refractivity contribution in [3.8, 4) is 0 Å². The first kappa shape index (κ1) is 18.4. The fraction of sp³-hybridized carbons (Fsp3) is 0.400. The van der Waals surface area contributed by atoms with Crippen molar-refractivity contribution in [3.05, 3.63) is 59.4 Å². The number of aryl methyl sites for hydroxylation is 1. The maximum Gasteiger partial charge on any atom is 0.243 e. The Morgan fingerprint density at radius 3 is 2.48 bits per heavy atom. The zero-order valence-electron chi connectivity index (χ0n) is 15.3. The van der Waals surface area contributed by atoms with Crippen molar-refractivity contribution >= 4 is 15.7 Å². The number of ether oxygens (including phenoxy) is 1. The summed E-state index contributed by atoms with van der Waals surface area (Å²) in [4.78, 5) is 2.42. The molecule has 1 fully saturated rings. The molecule has 0 aromatic heterocycles. The molecule has 2 heterocycles. The Labute approximate surface area is 159 Å². The van der Waals surface area contributed by atoms with Gasteiger partial charge in [-0.1, -0.05) is 18.2 Å². The highest BCUT2D eigenvalue weighted by Gasteiger charge is 2.33. The summed E-state index contributed by atoms with van der Waals surface area (Å²) in [5.74, 6) is -0.438. The van der Waals surface area contributed by atoms with Gasteiger partial charge in [0.1, 0.15) is 12.5 Å². The first-order valence-corrected chi connectivity index (χ1v) is 10.6. The first-order valence-electron chi connectivity index (χ1n) is 9.15. The smallest absolute Gasteiger partial charge is 0.243 e. The van der Waals surface area contributed by atoms with E-state index in [1.807, 2.05) is 6.07 Å². The van der Waals surface area contributed by atoms with Crippen molar-refractivity contribution in [2.75, 3.05) is 24.7 Å². The van der Waals surface area contributed by atoms with Crippen molar-refractivity contribution in [2.24, 2.45) is 0 Å². The molecule has 0 saturated carbocycles. The molecule has 5 nitrogen and oxygen atoms in total. The van der Waals surface area contributed by atoms with Crippen LogP contribution in [0.1, 0.15) is 24.0 Å². The van der Waals surface area contributed by atoms with Crippen LogP contribution in [0.4, 0.5) is 10.1 Å². The van der Waals surface area contributed by atoms with E-state index < -0.39 is 15.8 Å². The number of hydrogen-bond acceptors (Lipinski definition) is 4. The Hall–Kier alpha value is -1.96. The summed E-state index contributed by atoms with van der Waals surface area (Å²) in [5.41, 5.74) is 3.63. The molecule has 0 aliphatic carbocycles. The molecule has 2 aromatic carbocycles. The minimum absolute atomic E-state index is 0.143. The molecule has 2 aliphatic rings. The fourth-order valence-electron chi connectivity index (χ4n) is 4.00. The van der Waals surface area contributed by atoms with Crippen molar-refractivity contribution in [3.63, 3.8) is 0 Å². The highest BCUT2D eigenvalue weighted by Crippen LogP contribution is 2.34. The van der Waals surface area contributed by atoms with Gasteiger partial charge in [0.05, 0.1) is 11.5 Å². The minimum atomic E-state index is -3.58. The molecule has 0 spiro atoms. The average Bonchev–Trinajstić information content (AvgIpc) is 2.68. The highest BCUT2D eigenvalue weighted by molar-refractivity contribution is 7.89. The summed E-state index contributed by atoms with van der Waals surface area (Å²) in [6.07, 6.45) is 1.47. The molecule has 0 unspecified atom stereocenters. The summed E-state index contributed by atoms with van der Waals surface area (Å²) < 4.78 is 46.0. The van der Waals surface area contributed by atoms with Crippen LogP contribution in [0.3, 0.4) is 0 Å². The lowest BCUT2D eigenvalue weighted by Gasteiger charge is -2.42. The Morgan fingerprint density at radius 2 is 1.78 bits per heavy atom. The second-order valence-electron chi connectivity index (χ2n) is 7.12. The maximum atomic E-state index is 13.1. The van der Waals surface area contributed by atoms with Gasteiger partial charge in [0.15, 0.2) is 0 Å².